The van der Waals surface area contributed by atoms with Crippen molar-refractivity contribution in [1.82, 2.24) is 20.1 Å². The molecule has 2 aromatic heterocycles. The largest absolute Gasteiger partial charge is 0.486 e. The first kappa shape index (κ1) is 16.7. The number of rotatable bonds is 5. The second-order valence-electron chi connectivity index (χ2n) is 5.80. The minimum atomic E-state index is -0.774. The van der Waals surface area contributed by atoms with Gasteiger partial charge >= 0.3 is 0 Å². The molecule has 7 nitrogen and oxygen atoms in total. The fraction of sp³-hybridized carbons (Fsp3) is 0.438. The summed E-state index contributed by atoms with van der Waals surface area (Å²) in [5.74, 6) is 0.389. The predicted octanol–water partition coefficient (Wildman–Crippen LogP) is 1.41. The molecular formula is C16H19ClN4O3. The van der Waals surface area contributed by atoms with E-state index < -0.39 is 6.10 Å². The number of hydrogen-bond acceptors (Lipinski definition) is 5. The third-order valence-corrected chi connectivity index (χ3v) is 4.17. The van der Waals surface area contributed by atoms with Crippen molar-refractivity contribution in [2.75, 3.05) is 0 Å². The van der Waals surface area contributed by atoms with Gasteiger partial charge in [0, 0.05) is 12.4 Å². The number of nitrogens with zero attached hydrogens (tertiary/aromatic N) is 3. The molecule has 0 spiro atoms. The average molecular weight is 351 g/mol. The van der Waals surface area contributed by atoms with E-state index in [4.69, 9.17) is 16.3 Å². The highest BCUT2D eigenvalue weighted by Crippen LogP contribution is 2.24. The van der Waals surface area contributed by atoms with Gasteiger partial charge in [0.15, 0.2) is 0 Å². The number of amides is 1. The standard InChI is InChI=1S/C16H19ClN4O3/c17-11-7-19-21(9-11)10-15(22)20-13-4-1-5-14(16(13)23)24-12-3-2-6-18-8-12/h2-3,6-9,13-14,16,23H,1,4-5,10H2,(H,20,22)/t13-,14-,16-/m1/s1. The van der Waals surface area contributed by atoms with Crippen LogP contribution in [0.15, 0.2) is 36.9 Å². The number of halogens is 1. The molecule has 8 heteroatoms. The zero-order chi connectivity index (χ0) is 16.9. The molecule has 1 aliphatic rings. The Labute approximate surface area is 144 Å². The molecule has 1 saturated carbocycles. The molecule has 0 aliphatic heterocycles. The van der Waals surface area contributed by atoms with Gasteiger partial charge in [-0.1, -0.05) is 11.6 Å². The summed E-state index contributed by atoms with van der Waals surface area (Å²) in [6.07, 6.45) is 7.48. The number of nitrogens with one attached hydrogen (secondary N) is 1. The maximum atomic E-state index is 12.1. The van der Waals surface area contributed by atoms with Crippen LogP contribution in [0.2, 0.25) is 5.02 Å². The fourth-order valence-corrected chi connectivity index (χ4v) is 3.00. The Morgan fingerprint density at radius 3 is 3.04 bits per heavy atom. The lowest BCUT2D eigenvalue weighted by Crippen LogP contribution is -2.53. The molecule has 1 amide bonds. The quantitative estimate of drug-likeness (QED) is 0.851. The molecule has 3 rings (SSSR count). The van der Waals surface area contributed by atoms with Crippen molar-refractivity contribution in [2.24, 2.45) is 0 Å². The van der Waals surface area contributed by atoms with Crippen molar-refractivity contribution in [2.45, 2.75) is 44.1 Å². The topological polar surface area (TPSA) is 89.3 Å². The minimum absolute atomic E-state index is 0.0596. The number of aromatic nitrogens is 3. The molecule has 2 aromatic rings. The molecule has 0 saturated heterocycles. The van der Waals surface area contributed by atoms with Crippen molar-refractivity contribution in [1.29, 1.82) is 0 Å². The van der Waals surface area contributed by atoms with Gasteiger partial charge in [0.25, 0.3) is 0 Å². The molecule has 24 heavy (non-hydrogen) atoms. The number of ether oxygens (including phenoxy) is 1. The van der Waals surface area contributed by atoms with Crippen molar-refractivity contribution < 1.29 is 14.6 Å². The summed E-state index contributed by atoms with van der Waals surface area (Å²) < 4.78 is 7.26. The highest BCUT2D eigenvalue weighted by atomic mass is 35.5. The zero-order valence-corrected chi connectivity index (χ0v) is 13.8. The van der Waals surface area contributed by atoms with Crippen LogP contribution in [0, 0.1) is 0 Å². The Hall–Kier alpha value is -2.12. The van der Waals surface area contributed by atoms with E-state index in [2.05, 4.69) is 15.4 Å². The molecular weight excluding hydrogens is 332 g/mol. The van der Waals surface area contributed by atoms with Crippen molar-refractivity contribution in [3.63, 3.8) is 0 Å². The van der Waals surface area contributed by atoms with Crippen LogP contribution in [0.4, 0.5) is 0 Å². The Balaban J connectivity index is 1.56. The number of carbonyl (C=O) groups excluding carboxylic acids is 1. The summed E-state index contributed by atoms with van der Waals surface area (Å²) in [6.45, 7) is 0.0596. The molecule has 0 unspecified atom stereocenters. The third kappa shape index (κ3) is 4.24. The van der Waals surface area contributed by atoms with Crippen molar-refractivity contribution >= 4 is 17.5 Å². The number of hydrogen-bond donors (Lipinski definition) is 2. The van der Waals surface area contributed by atoms with Gasteiger partial charge < -0.3 is 15.2 Å². The Morgan fingerprint density at radius 2 is 2.33 bits per heavy atom. The van der Waals surface area contributed by atoms with E-state index in [9.17, 15) is 9.90 Å². The van der Waals surface area contributed by atoms with Crippen molar-refractivity contribution in [3.8, 4) is 5.75 Å². The van der Waals surface area contributed by atoms with Crippen LogP contribution >= 0.6 is 11.6 Å². The van der Waals surface area contributed by atoms with Gasteiger partial charge in [-0.2, -0.15) is 5.10 Å². The summed E-state index contributed by atoms with van der Waals surface area (Å²) in [6, 6.07) is 3.22. The molecule has 128 valence electrons. The average Bonchev–Trinajstić information content (AvgIpc) is 2.97. The van der Waals surface area contributed by atoms with Gasteiger partial charge in [0.05, 0.1) is 23.5 Å². The molecule has 3 atom stereocenters. The Bertz CT molecular complexity index is 679. The van der Waals surface area contributed by atoms with E-state index in [1.54, 1.807) is 30.7 Å². The van der Waals surface area contributed by atoms with Gasteiger partial charge in [-0.05, 0) is 31.4 Å². The van der Waals surface area contributed by atoms with Crippen LogP contribution in [-0.4, -0.2) is 44.0 Å². The van der Waals surface area contributed by atoms with Crippen molar-refractivity contribution in [3.05, 3.63) is 41.9 Å². The Morgan fingerprint density at radius 1 is 1.46 bits per heavy atom. The van der Waals surface area contributed by atoms with Crippen LogP contribution in [0.1, 0.15) is 19.3 Å². The lowest BCUT2D eigenvalue weighted by molar-refractivity contribution is -0.124. The first-order valence-electron chi connectivity index (χ1n) is 7.84. The maximum Gasteiger partial charge on any atom is 0.242 e. The van der Waals surface area contributed by atoms with E-state index in [-0.39, 0.29) is 24.6 Å². The second kappa shape index (κ2) is 7.63. The molecule has 1 aliphatic carbocycles. The monoisotopic (exact) mass is 350 g/mol. The number of aliphatic hydroxyl groups excluding tert-OH is 1. The fourth-order valence-electron chi connectivity index (χ4n) is 2.84. The first-order valence-corrected chi connectivity index (χ1v) is 8.21. The van der Waals surface area contributed by atoms with Gasteiger partial charge in [-0.3, -0.25) is 14.5 Å². The second-order valence-corrected chi connectivity index (χ2v) is 6.23. The third-order valence-electron chi connectivity index (χ3n) is 3.97. The smallest absolute Gasteiger partial charge is 0.242 e. The lowest BCUT2D eigenvalue weighted by atomic mass is 9.90. The van der Waals surface area contributed by atoms with Gasteiger partial charge in [-0.25, -0.2) is 0 Å². The summed E-state index contributed by atoms with van der Waals surface area (Å²) in [7, 11) is 0. The lowest BCUT2D eigenvalue weighted by Gasteiger charge is -2.35. The van der Waals surface area contributed by atoms with E-state index in [0.29, 0.717) is 17.2 Å². The summed E-state index contributed by atoms with van der Waals surface area (Å²) in [5, 5.41) is 17.8. The summed E-state index contributed by atoms with van der Waals surface area (Å²) >= 11 is 5.78. The number of aliphatic hydroxyl groups is 1. The van der Waals surface area contributed by atoms with Gasteiger partial charge in [0.2, 0.25) is 5.91 Å². The summed E-state index contributed by atoms with van der Waals surface area (Å²) in [4.78, 5) is 16.1. The highest BCUT2D eigenvalue weighted by Gasteiger charge is 2.34. The SMILES string of the molecule is O=C(Cn1cc(Cl)cn1)N[C@@H]1CCC[C@@H](Oc2cccnc2)[C@@H]1O. The molecule has 2 N–H and O–H groups in total. The summed E-state index contributed by atoms with van der Waals surface area (Å²) in [5.41, 5.74) is 0. The highest BCUT2D eigenvalue weighted by molar-refractivity contribution is 6.30. The van der Waals surface area contributed by atoms with Crippen LogP contribution in [-0.2, 0) is 11.3 Å². The molecule has 0 radical (unpaired) electrons. The predicted molar refractivity (Wildman–Crippen MR) is 87.7 cm³/mol. The van der Waals surface area contributed by atoms with Crippen LogP contribution < -0.4 is 10.1 Å². The van der Waals surface area contributed by atoms with Crippen LogP contribution in [0.3, 0.4) is 0 Å². The Kier molecular flexibility index (Phi) is 5.32. The molecule has 1 fully saturated rings. The number of carbonyl (C=O) groups is 1. The van der Waals surface area contributed by atoms with Gasteiger partial charge in [0.1, 0.15) is 24.5 Å². The normalized spacial score (nSPS) is 23.7. The van der Waals surface area contributed by atoms with E-state index in [0.717, 1.165) is 12.8 Å². The van der Waals surface area contributed by atoms with E-state index >= 15 is 0 Å². The minimum Gasteiger partial charge on any atom is -0.486 e. The zero-order valence-electron chi connectivity index (χ0n) is 13.0. The first-order chi connectivity index (χ1) is 11.6. The van der Waals surface area contributed by atoms with E-state index in [1.165, 1.54) is 10.9 Å². The molecule has 0 aromatic carbocycles. The van der Waals surface area contributed by atoms with Crippen LogP contribution in [0.5, 0.6) is 5.75 Å². The number of pyridine rings is 1. The van der Waals surface area contributed by atoms with E-state index in [1.807, 2.05) is 0 Å². The van der Waals surface area contributed by atoms with Gasteiger partial charge in [-0.15, -0.1) is 0 Å². The molecule has 0 bridgehead atoms. The van der Waals surface area contributed by atoms with Crippen LogP contribution in [0.25, 0.3) is 0 Å². The maximum absolute atomic E-state index is 12.1. The molecule has 2 heterocycles.